The molecule has 3 amide bonds. The summed E-state index contributed by atoms with van der Waals surface area (Å²) in [5.41, 5.74) is 1.67. The molecule has 0 spiro atoms. The molecule has 9 heteroatoms. The quantitative estimate of drug-likeness (QED) is 0.556. The van der Waals surface area contributed by atoms with E-state index in [9.17, 15) is 9.59 Å². The molecule has 3 aromatic rings. The second-order valence-corrected chi connectivity index (χ2v) is 9.83. The van der Waals surface area contributed by atoms with Crippen molar-refractivity contribution in [3.63, 3.8) is 0 Å². The van der Waals surface area contributed by atoms with Crippen molar-refractivity contribution in [2.45, 2.75) is 26.2 Å². The third-order valence-corrected chi connectivity index (χ3v) is 7.72. The largest absolute Gasteiger partial charge is 0.334 e. The maximum atomic E-state index is 13.2. The number of likely N-dealkylation sites (tertiary alicyclic amines) is 1. The Hall–Kier alpha value is -2.58. The number of hydrogen-bond donors (Lipinski definition) is 0. The average molecular weight is 472 g/mol. The predicted octanol–water partition coefficient (Wildman–Crippen LogP) is 4.41. The van der Waals surface area contributed by atoms with E-state index in [4.69, 9.17) is 11.6 Å². The molecule has 5 rings (SSSR count). The molecule has 0 N–H and O–H groups in total. The van der Waals surface area contributed by atoms with Crippen LogP contribution in [-0.2, 0) is 0 Å². The molecule has 1 aromatic carbocycles. The first-order valence-corrected chi connectivity index (χ1v) is 12.3. The Labute approximate surface area is 196 Å². The van der Waals surface area contributed by atoms with Gasteiger partial charge in [0, 0.05) is 44.7 Å². The first-order chi connectivity index (χ1) is 15.5. The van der Waals surface area contributed by atoms with Crippen molar-refractivity contribution in [1.82, 2.24) is 24.5 Å². The summed E-state index contributed by atoms with van der Waals surface area (Å²) in [6.45, 7) is 5.92. The molecule has 0 saturated carbocycles. The van der Waals surface area contributed by atoms with Crippen LogP contribution in [0.4, 0.5) is 4.79 Å². The number of fused-ring (bicyclic) bond motifs is 1. The summed E-state index contributed by atoms with van der Waals surface area (Å²) in [6.07, 6.45) is 3.37. The van der Waals surface area contributed by atoms with E-state index in [2.05, 4.69) is 5.10 Å². The minimum absolute atomic E-state index is 0.0152. The van der Waals surface area contributed by atoms with E-state index < -0.39 is 0 Å². The minimum Gasteiger partial charge on any atom is -0.334 e. The molecule has 0 radical (unpaired) electrons. The summed E-state index contributed by atoms with van der Waals surface area (Å²) in [5, 5.41) is 6.22. The first kappa shape index (κ1) is 21.3. The van der Waals surface area contributed by atoms with Crippen LogP contribution in [0.15, 0.2) is 30.3 Å². The number of urea groups is 1. The number of para-hydroxylation sites is 1. The van der Waals surface area contributed by atoms with E-state index in [-0.39, 0.29) is 11.9 Å². The molecule has 0 aliphatic carbocycles. The number of aryl methyl sites for hydroxylation is 1. The number of aromatic nitrogens is 2. The maximum absolute atomic E-state index is 13.2. The highest BCUT2D eigenvalue weighted by Gasteiger charge is 2.29. The fourth-order valence-electron chi connectivity index (χ4n) is 4.48. The molecule has 32 heavy (non-hydrogen) atoms. The van der Waals surface area contributed by atoms with Gasteiger partial charge in [0.1, 0.15) is 4.83 Å². The van der Waals surface area contributed by atoms with Crippen LogP contribution in [0, 0.1) is 6.92 Å². The summed E-state index contributed by atoms with van der Waals surface area (Å²) in [4.78, 5) is 33.3. The maximum Gasteiger partial charge on any atom is 0.320 e. The van der Waals surface area contributed by atoms with Gasteiger partial charge in [0.15, 0.2) is 0 Å². The Kier molecular flexibility index (Phi) is 5.82. The van der Waals surface area contributed by atoms with E-state index in [1.54, 1.807) is 0 Å². The number of rotatable bonds is 2. The zero-order chi connectivity index (χ0) is 22.2. The SMILES string of the molecule is Cc1nn(-c2ccccc2Cl)c2sc(C(=O)N3CCN(C(=O)N4CCCCC4)CC3)cc12. The minimum atomic E-state index is 0.0152. The van der Waals surface area contributed by atoms with Crippen LogP contribution in [-0.4, -0.2) is 75.7 Å². The molecule has 7 nitrogen and oxygen atoms in total. The third kappa shape index (κ3) is 3.86. The lowest BCUT2D eigenvalue weighted by Crippen LogP contribution is -2.54. The van der Waals surface area contributed by atoms with Crippen molar-refractivity contribution in [2.75, 3.05) is 39.3 Å². The smallest absolute Gasteiger partial charge is 0.320 e. The van der Waals surface area contributed by atoms with Crippen LogP contribution in [0.3, 0.4) is 0 Å². The van der Waals surface area contributed by atoms with E-state index in [0.29, 0.717) is 36.1 Å². The fraction of sp³-hybridized carbons (Fsp3) is 0.435. The fourth-order valence-corrected chi connectivity index (χ4v) is 5.84. The molecule has 2 aliphatic rings. The van der Waals surface area contributed by atoms with E-state index in [1.807, 2.05) is 56.6 Å². The highest BCUT2D eigenvalue weighted by atomic mass is 35.5. The predicted molar refractivity (Wildman–Crippen MR) is 127 cm³/mol. The topological polar surface area (TPSA) is 61.7 Å². The molecular formula is C23H26ClN5O2S. The van der Waals surface area contributed by atoms with Gasteiger partial charge in [0.2, 0.25) is 0 Å². The number of piperazine rings is 1. The molecule has 0 bridgehead atoms. The van der Waals surface area contributed by atoms with Crippen LogP contribution >= 0.6 is 22.9 Å². The van der Waals surface area contributed by atoms with Crippen molar-refractivity contribution >= 4 is 45.1 Å². The lowest BCUT2D eigenvalue weighted by atomic mass is 10.1. The van der Waals surface area contributed by atoms with Gasteiger partial charge >= 0.3 is 6.03 Å². The second-order valence-electron chi connectivity index (χ2n) is 8.39. The number of carbonyl (C=O) groups excluding carboxylic acids is 2. The van der Waals surface area contributed by atoms with Crippen molar-refractivity contribution in [1.29, 1.82) is 0 Å². The zero-order valence-electron chi connectivity index (χ0n) is 18.1. The molecule has 2 aliphatic heterocycles. The number of carbonyl (C=O) groups is 2. The number of amides is 3. The molecule has 4 heterocycles. The molecule has 2 aromatic heterocycles. The molecular weight excluding hydrogens is 446 g/mol. The Morgan fingerprint density at radius 1 is 0.938 bits per heavy atom. The van der Waals surface area contributed by atoms with Crippen LogP contribution in [0.5, 0.6) is 0 Å². The molecule has 168 valence electrons. The monoisotopic (exact) mass is 471 g/mol. The van der Waals surface area contributed by atoms with Gasteiger partial charge < -0.3 is 14.7 Å². The van der Waals surface area contributed by atoms with Gasteiger partial charge in [-0.15, -0.1) is 11.3 Å². The zero-order valence-corrected chi connectivity index (χ0v) is 19.7. The average Bonchev–Trinajstić information content (AvgIpc) is 3.40. The van der Waals surface area contributed by atoms with Crippen molar-refractivity contribution in [3.8, 4) is 5.69 Å². The number of hydrogen-bond acceptors (Lipinski definition) is 4. The third-order valence-electron chi connectivity index (χ3n) is 6.30. The van der Waals surface area contributed by atoms with Gasteiger partial charge in [-0.2, -0.15) is 5.10 Å². The second kappa shape index (κ2) is 8.75. The summed E-state index contributed by atoms with van der Waals surface area (Å²) in [6, 6.07) is 9.63. The van der Waals surface area contributed by atoms with Crippen LogP contribution < -0.4 is 0 Å². The van der Waals surface area contributed by atoms with E-state index >= 15 is 0 Å². The number of piperidine rings is 1. The van der Waals surface area contributed by atoms with Crippen molar-refractivity contribution in [2.24, 2.45) is 0 Å². The normalized spacial score (nSPS) is 17.2. The molecule has 0 unspecified atom stereocenters. The molecule has 2 fully saturated rings. The Morgan fingerprint density at radius 2 is 1.59 bits per heavy atom. The van der Waals surface area contributed by atoms with Crippen LogP contribution in [0.25, 0.3) is 15.9 Å². The highest BCUT2D eigenvalue weighted by Crippen LogP contribution is 2.33. The number of halogens is 1. The Bertz CT molecular complexity index is 1160. The standard InChI is InChI=1S/C23H26ClN5O2S/c1-16-17-15-20(32-22(17)29(25-16)19-8-4-3-7-18(19)24)21(30)26-11-13-28(14-12-26)23(31)27-9-5-2-6-10-27/h3-4,7-8,15H,2,5-6,9-14H2,1H3. The van der Waals surface area contributed by atoms with E-state index in [1.165, 1.54) is 17.8 Å². The lowest BCUT2D eigenvalue weighted by Gasteiger charge is -2.38. The molecule has 2 saturated heterocycles. The van der Waals surface area contributed by atoms with Gasteiger partial charge in [-0.25, -0.2) is 9.48 Å². The summed E-state index contributed by atoms with van der Waals surface area (Å²) in [7, 11) is 0. The summed E-state index contributed by atoms with van der Waals surface area (Å²) >= 11 is 7.83. The number of thiophene rings is 1. The first-order valence-electron chi connectivity index (χ1n) is 11.1. The van der Waals surface area contributed by atoms with Crippen LogP contribution in [0.1, 0.15) is 34.6 Å². The summed E-state index contributed by atoms with van der Waals surface area (Å²) < 4.78 is 1.82. The lowest BCUT2D eigenvalue weighted by molar-refractivity contribution is 0.0637. The molecule has 0 atom stereocenters. The van der Waals surface area contributed by atoms with Crippen molar-refractivity contribution < 1.29 is 9.59 Å². The van der Waals surface area contributed by atoms with E-state index in [0.717, 1.165) is 47.5 Å². The van der Waals surface area contributed by atoms with Gasteiger partial charge in [-0.05, 0) is 44.4 Å². The number of nitrogens with zero attached hydrogens (tertiary/aromatic N) is 5. The van der Waals surface area contributed by atoms with Gasteiger partial charge in [-0.1, -0.05) is 23.7 Å². The highest BCUT2D eigenvalue weighted by molar-refractivity contribution is 7.20. The van der Waals surface area contributed by atoms with Crippen LogP contribution in [0.2, 0.25) is 5.02 Å². The number of benzene rings is 1. The Morgan fingerprint density at radius 3 is 2.31 bits per heavy atom. The van der Waals surface area contributed by atoms with Crippen molar-refractivity contribution in [3.05, 3.63) is 45.9 Å². The van der Waals surface area contributed by atoms with Gasteiger partial charge in [0.05, 0.1) is 21.3 Å². The van der Waals surface area contributed by atoms with Gasteiger partial charge in [-0.3, -0.25) is 4.79 Å². The summed E-state index contributed by atoms with van der Waals surface area (Å²) in [5.74, 6) is 0.0152. The van der Waals surface area contributed by atoms with Gasteiger partial charge in [0.25, 0.3) is 5.91 Å². The Balaban J connectivity index is 1.31.